The molecule has 3 aliphatic rings. The van der Waals surface area contributed by atoms with Crippen LogP contribution in [-0.4, -0.2) is 30.5 Å². The van der Waals surface area contributed by atoms with Gasteiger partial charge in [-0.2, -0.15) is 0 Å². The standard InChI is InChI=1S/C25H21NO6/c1-15-4-2-3-5-18(15)32-24-23(17-7-9-20-22(11-17)31-14-29-20)26(25(24)27)12-16-6-8-19-21(10-16)30-13-28-19/h2-11,23-24H,12-14H2,1H3/t23-,24+/m1/s1. The second-order valence-electron chi connectivity index (χ2n) is 8.02. The molecule has 0 aliphatic carbocycles. The van der Waals surface area contributed by atoms with Gasteiger partial charge >= 0.3 is 0 Å². The Labute approximate surface area is 185 Å². The molecule has 0 N–H and O–H groups in total. The first kappa shape index (κ1) is 18.9. The molecule has 1 amide bonds. The molecular formula is C25H21NO6. The highest BCUT2D eigenvalue weighted by molar-refractivity contribution is 5.89. The Hall–Kier alpha value is -3.87. The van der Waals surface area contributed by atoms with Gasteiger partial charge in [-0.1, -0.05) is 30.3 Å². The zero-order valence-corrected chi connectivity index (χ0v) is 17.4. The fraction of sp³-hybridized carbons (Fsp3) is 0.240. The summed E-state index contributed by atoms with van der Waals surface area (Å²) in [7, 11) is 0. The molecule has 2 atom stereocenters. The van der Waals surface area contributed by atoms with Gasteiger partial charge in [-0.3, -0.25) is 4.79 Å². The average molecular weight is 431 g/mol. The predicted octanol–water partition coefficient (Wildman–Crippen LogP) is 3.98. The van der Waals surface area contributed by atoms with Gasteiger partial charge in [0.15, 0.2) is 23.0 Å². The molecular weight excluding hydrogens is 410 g/mol. The number of carbonyl (C=O) groups excluding carboxylic acids is 1. The molecule has 7 heteroatoms. The summed E-state index contributed by atoms with van der Waals surface area (Å²) >= 11 is 0. The van der Waals surface area contributed by atoms with E-state index in [2.05, 4.69) is 0 Å². The lowest BCUT2D eigenvalue weighted by Crippen LogP contribution is -2.60. The number of rotatable bonds is 5. The Morgan fingerprint density at radius 3 is 2.34 bits per heavy atom. The summed E-state index contributed by atoms with van der Waals surface area (Å²) in [5.41, 5.74) is 2.88. The molecule has 3 aromatic rings. The van der Waals surface area contributed by atoms with E-state index in [0.717, 1.165) is 22.4 Å². The minimum atomic E-state index is -0.620. The number of benzene rings is 3. The number of fused-ring (bicyclic) bond motifs is 2. The van der Waals surface area contributed by atoms with Crippen molar-refractivity contribution in [2.24, 2.45) is 0 Å². The molecule has 3 aliphatic heterocycles. The molecule has 0 saturated carbocycles. The highest BCUT2D eigenvalue weighted by atomic mass is 16.7. The molecule has 0 bridgehead atoms. The van der Waals surface area contributed by atoms with Gasteiger partial charge in [-0.15, -0.1) is 0 Å². The van der Waals surface area contributed by atoms with Gasteiger partial charge in [0, 0.05) is 6.54 Å². The van der Waals surface area contributed by atoms with Gasteiger partial charge in [0.1, 0.15) is 11.8 Å². The number of aryl methyl sites for hydroxylation is 1. The Bertz CT molecular complexity index is 1210. The Kier molecular flexibility index (Phi) is 4.35. The van der Waals surface area contributed by atoms with Crippen LogP contribution >= 0.6 is 0 Å². The molecule has 3 aromatic carbocycles. The van der Waals surface area contributed by atoms with Crippen LogP contribution in [0.15, 0.2) is 60.7 Å². The van der Waals surface area contributed by atoms with E-state index in [4.69, 9.17) is 23.7 Å². The molecule has 1 fully saturated rings. The van der Waals surface area contributed by atoms with Crippen molar-refractivity contribution in [1.82, 2.24) is 4.90 Å². The first-order valence-electron chi connectivity index (χ1n) is 10.5. The Morgan fingerprint density at radius 1 is 0.875 bits per heavy atom. The number of carbonyl (C=O) groups is 1. The summed E-state index contributed by atoms with van der Waals surface area (Å²) in [6, 6.07) is 19.0. The molecule has 0 aromatic heterocycles. The number of amides is 1. The Morgan fingerprint density at radius 2 is 1.56 bits per heavy atom. The second-order valence-corrected chi connectivity index (χ2v) is 8.02. The third-order valence-electron chi connectivity index (χ3n) is 6.02. The highest BCUT2D eigenvalue weighted by Gasteiger charge is 2.50. The number of hydrogen-bond donors (Lipinski definition) is 0. The van der Waals surface area contributed by atoms with Crippen molar-refractivity contribution in [3.63, 3.8) is 0 Å². The van der Waals surface area contributed by atoms with Crippen molar-refractivity contribution in [1.29, 1.82) is 0 Å². The normalized spacial score (nSPS) is 20.3. The first-order valence-corrected chi connectivity index (χ1v) is 10.5. The molecule has 162 valence electrons. The van der Waals surface area contributed by atoms with Gasteiger partial charge in [0.25, 0.3) is 5.91 Å². The monoisotopic (exact) mass is 431 g/mol. The van der Waals surface area contributed by atoms with Crippen molar-refractivity contribution in [3.8, 4) is 28.7 Å². The van der Waals surface area contributed by atoms with Crippen LogP contribution in [0.5, 0.6) is 28.7 Å². The van der Waals surface area contributed by atoms with Crippen LogP contribution < -0.4 is 23.7 Å². The summed E-state index contributed by atoms with van der Waals surface area (Å²) in [5.74, 6) is 3.45. The van der Waals surface area contributed by atoms with E-state index in [0.29, 0.717) is 29.5 Å². The van der Waals surface area contributed by atoms with Crippen LogP contribution in [0.1, 0.15) is 22.7 Å². The minimum Gasteiger partial charge on any atom is -0.478 e. The zero-order chi connectivity index (χ0) is 21.7. The van der Waals surface area contributed by atoms with Crippen LogP contribution in [0.25, 0.3) is 0 Å². The highest BCUT2D eigenvalue weighted by Crippen LogP contribution is 2.43. The third-order valence-corrected chi connectivity index (χ3v) is 6.02. The molecule has 0 unspecified atom stereocenters. The zero-order valence-electron chi connectivity index (χ0n) is 17.4. The SMILES string of the molecule is Cc1ccccc1O[C@@H]1C(=O)N(Cc2ccc3c(c2)OCO3)[C@@H]1c1ccc2c(c1)OCO2. The van der Waals surface area contributed by atoms with E-state index < -0.39 is 6.10 Å². The molecule has 3 heterocycles. The minimum absolute atomic E-state index is 0.0615. The smallest absolute Gasteiger partial charge is 0.267 e. The topological polar surface area (TPSA) is 66.5 Å². The Balaban J connectivity index is 1.32. The summed E-state index contributed by atoms with van der Waals surface area (Å²) < 4.78 is 28.1. The largest absolute Gasteiger partial charge is 0.478 e. The quantitative estimate of drug-likeness (QED) is 0.570. The van der Waals surface area contributed by atoms with E-state index >= 15 is 0 Å². The molecule has 0 radical (unpaired) electrons. The average Bonchev–Trinajstić information content (AvgIpc) is 3.47. The van der Waals surface area contributed by atoms with Gasteiger partial charge in [-0.25, -0.2) is 0 Å². The maximum atomic E-state index is 13.2. The van der Waals surface area contributed by atoms with E-state index in [-0.39, 0.29) is 25.5 Å². The maximum absolute atomic E-state index is 13.2. The molecule has 0 spiro atoms. The van der Waals surface area contributed by atoms with E-state index in [1.54, 1.807) is 0 Å². The lowest BCUT2D eigenvalue weighted by Gasteiger charge is -2.47. The van der Waals surface area contributed by atoms with E-state index in [1.165, 1.54) is 0 Å². The van der Waals surface area contributed by atoms with Gasteiger partial charge < -0.3 is 28.6 Å². The predicted molar refractivity (Wildman–Crippen MR) is 114 cm³/mol. The summed E-state index contributed by atoms with van der Waals surface area (Å²) in [4.78, 5) is 15.0. The molecule has 32 heavy (non-hydrogen) atoms. The fourth-order valence-corrected chi connectivity index (χ4v) is 4.32. The van der Waals surface area contributed by atoms with Crippen molar-refractivity contribution in [2.75, 3.05) is 13.6 Å². The number of para-hydroxylation sites is 1. The van der Waals surface area contributed by atoms with Gasteiger partial charge in [0.2, 0.25) is 19.7 Å². The molecule has 1 saturated heterocycles. The van der Waals surface area contributed by atoms with Crippen molar-refractivity contribution in [2.45, 2.75) is 25.6 Å². The molecule has 7 nitrogen and oxygen atoms in total. The summed E-state index contributed by atoms with van der Waals surface area (Å²) in [6.07, 6.45) is -0.620. The van der Waals surface area contributed by atoms with Crippen LogP contribution in [0.4, 0.5) is 0 Å². The maximum Gasteiger partial charge on any atom is 0.267 e. The van der Waals surface area contributed by atoms with Crippen molar-refractivity contribution < 1.29 is 28.5 Å². The lowest BCUT2D eigenvalue weighted by atomic mass is 9.89. The van der Waals surface area contributed by atoms with Crippen molar-refractivity contribution >= 4 is 5.91 Å². The van der Waals surface area contributed by atoms with Crippen LogP contribution in [-0.2, 0) is 11.3 Å². The first-order chi connectivity index (χ1) is 15.7. The number of likely N-dealkylation sites (tertiary alicyclic amines) is 1. The van der Waals surface area contributed by atoms with Crippen LogP contribution in [0.2, 0.25) is 0 Å². The summed E-state index contributed by atoms with van der Waals surface area (Å²) in [6.45, 7) is 2.82. The number of β-lactam (4-membered cyclic amide) rings is 1. The fourth-order valence-electron chi connectivity index (χ4n) is 4.32. The number of hydrogen-bond acceptors (Lipinski definition) is 6. The third kappa shape index (κ3) is 3.09. The molecule has 6 rings (SSSR count). The van der Waals surface area contributed by atoms with Crippen molar-refractivity contribution in [3.05, 3.63) is 77.4 Å². The lowest BCUT2D eigenvalue weighted by molar-refractivity contribution is -0.165. The van der Waals surface area contributed by atoms with E-state index in [9.17, 15) is 4.79 Å². The van der Waals surface area contributed by atoms with Gasteiger partial charge in [0.05, 0.1) is 0 Å². The van der Waals surface area contributed by atoms with Crippen LogP contribution in [0, 0.1) is 6.92 Å². The number of ether oxygens (including phenoxy) is 5. The van der Waals surface area contributed by atoms with Crippen LogP contribution in [0.3, 0.4) is 0 Å². The van der Waals surface area contributed by atoms with Gasteiger partial charge in [-0.05, 0) is 53.9 Å². The summed E-state index contributed by atoms with van der Waals surface area (Å²) in [5, 5.41) is 0. The second kappa shape index (κ2) is 7.37. The number of nitrogens with zero attached hydrogens (tertiary/aromatic N) is 1. The van der Waals surface area contributed by atoms with E-state index in [1.807, 2.05) is 72.5 Å².